The molecule has 4 rings (SSSR count). The van der Waals surface area contributed by atoms with Gasteiger partial charge in [-0.05, 0) is 50.7 Å². The van der Waals surface area contributed by atoms with Crippen LogP contribution in [-0.2, 0) is 17.8 Å². The van der Waals surface area contributed by atoms with Gasteiger partial charge in [0.25, 0.3) is 0 Å². The minimum absolute atomic E-state index is 0. The molecule has 31 heavy (non-hydrogen) atoms. The van der Waals surface area contributed by atoms with E-state index in [0.29, 0.717) is 18.2 Å². The zero-order valence-corrected chi connectivity index (χ0v) is 20.5. The van der Waals surface area contributed by atoms with Crippen molar-refractivity contribution in [3.63, 3.8) is 0 Å². The lowest BCUT2D eigenvalue weighted by molar-refractivity contribution is -0.0863. The molecule has 2 aromatic rings. The van der Waals surface area contributed by atoms with Crippen LogP contribution in [0.3, 0.4) is 0 Å². The van der Waals surface area contributed by atoms with E-state index in [2.05, 4.69) is 84.3 Å². The van der Waals surface area contributed by atoms with Crippen LogP contribution in [0.2, 0.25) is 0 Å². The third-order valence-electron chi connectivity index (χ3n) is 6.60. The molecule has 0 N–H and O–H groups in total. The molecule has 2 unspecified atom stereocenters. The van der Waals surface area contributed by atoms with Crippen LogP contribution in [0.1, 0.15) is 50.7 Å². The monoisotopic (exact) mass is 464 g/mol. The smallest absolute Gasteiger partial charge is 0.0678 e. The Morgan fingerprint density at radius 1 is 0.742 bits per heavy atom. The average Bonchev–Trinajstić information content (AvgIpc) is 2.74. The topological polar surface area (TPSA) is 15.7 Å². The molecular weight excluding hydrogens is 427 g/mol. The lowest BCUT2D eigenvalue weighted by Crippen LogP contribution is -2.52. The van der Waals surface area contributed by atoms with Crippen LogP contribution in [0.5, 0.6) is 0 Å². The Kier molecular flexibility index (Phi) is 10.8. The van der Waals surface area contributed by atoms with Crippen molar-refractivity contribution in [2.24, 2.45) is 0 Å². The zero-order chi connectivity index (χ0) is 20.1. The Balaban J connectivity index is 0.00000171. The van der Waals surface area contributed by atoms with Crippen molar-refractivity contribution in [2.75, 3.05) is 13.1 Å². The Hall–Kier alpha value is -1.10. The maximum Gasteiger partial charge on any atom is 0.0678 e. The van der Waals surface area contributed by atoms with Crippen LogP contribution < -0.4 is 0 Å². The van der Waals surface area contributed by atoms with Gasteiger partial charge in [0, 0.05) is 38.3 Å². The van der Waals surface area contributed by atoms with Gasteiger partial charge in [0.15, 0.2) is 0 Å². The molecule has 0 radical (unpaired) electrons. The summed E-state index contributed by atoms with van der Waals surface area (Å²) in [7, 11) is 0. The molecule has 0 spiro atoms. The third-order valence-corrected chi connectivity index (χ3v) is 6.60. The average molecular weight is 466 g/mol. The quantitative estimate of drug-likeness (QED) is 0.524. The fourth-order valence-electron chi connectivity index (χ4n) is 5.25. The zero-order valence-electron chi connectivity index (χ0n) is 18.9. The Labute approximate surface area is 201 Å². The highest BCUT2D eigenvalue weighted by molar-refractivity contribution is 5.85. The van der Waals surface area contributed by atoms with Crippen LogP contribution in [0.15, 0.2) is 60.7 Å². The molecule has 2 aliphatic rings. The minimum Gasteiger partial charge on any atom is -0.373 e. The van der Waals surface area contributed by atoms with E-state index in [0.717, 1.165) is 32.2 Å². The summed E-state index contributed by atoms with van der Waals surface area (Å²) < 4.78 is 5.95. The maximum atomic E-state index is 5.95. The van der Waals surface area contributed by atoms with Gasteiger partial charge in [-0.2, -0.15) is 0 Å². The lowest BCUT2D eigenvalue weighted by Gasteiger charge is -2.44. The van der Waals surface area contributed by atoms with Crippen molar-refractivity contribution < 1.29 is 4.74 Å². The van der Waals surface area contributed by atoms with Crippen molar-refractivity contribution in [2.45, 2.75) is 76.9 Å². The number of nitrogens with zero attached hydrogens (tertiary/aromatic N) is 2. The second-order valence-corrected chi connectivity index (χ2v) is 9.05. The third kappa shape index (κ3) is 7.47. The second kappa shape index (κ2) is 12.8. The number of halogens is 2. The Morgan fingerprint density at radius 3 is 1.65 bits per heavy atom. The Bertz CT molecular complexity index is 686. The molecule has 172 valence electrons. The summed E-state index contributed by atoms with van der Waals surface area (Å²) in [5.74, 6) is 0. The highest BCUT2D eigenvalue weighted by Gasteiger charge is 2.32. The standard InChI is InChI=1S/C26H36N2O.2ClH/c1-21-17-27(18-22(2)29-21)25-13-15-26(16-14-25)28(19-23-9-5-3-6-10-23)20-24-11-7-4-8-12-24;;/h3-12,21-22,25-26H,13-20H2,1-2H3;2*1H/t21?,22?,25-,26+;;. The van der Waals surface area contributed by atoms with Gasteiger partial charge in [0.2, 0.25) is 0 Å². The molecule has 0 amide bonds. The number of hydrogen-bond acceptors (Lipinski definition) is 3. The van der Waals surface area contributed by atoms with E-state index in [1.165, 1.54) is 36.8 Å². The first kappa shape index (κ1) is 26.2. The van der Waals surface area contributed by atoms with Gasteiger partial charge >= 0.3 is 0 Å². The number of ether oxygens (including phenoxy) is 1. The first-order valence-corrected chi connectivity index (χ1v) is 11.4. The molecule has 1 aliphatic heterocycles. The number of benzene rings is 2. The first-order valence-electron chi connectivity index (χ1n) is 11.4. The largest absolute Gasteiger partial charge is 0.373 e. The molecule has 1 saturated carbocycles. The van der Waals surface area contributed by atoms with Gasteiger partial charge in [-0.1, -0.05) is 60.7 Å². The fourth-order valence-corrected chi connectivity index (χ4v) is 5.25. The van der Waals surface area contributed by atoms with Crippen molar-refractivity contribution in [3.8, 4) is 0 Å². The molecule has 1 saturated heterocycles. The molecule has 1 heterocycles. The summed E-state index contributed by atoms with van der Waals surface area (Å²) in [6.45, 7) is 8.70. The van der Waals surface area contributed by atoms with Crippen LogP contribution in [0, 0.1) is 0 Å². The number of morpholine rings is 1. The van der Waals surface area contributed by atoms with Crippen molar-refractivity contribution in [1.82, 2.24) is 9.80 Å². The Morgan fingerprint density at radius 2 is 1.19 bits per heavy atom. The van der Waals surface area contributed by atoms with Crippen LogP contribution in [-0.4, -0.2) is 47.2 Å². The fraction of sp³-hybridized carbons (Fsp3) is 0.538. The molecule has 2 fully saturated rings. The highest BCUT2D eigenvalue weighted by Crippen LogP contribution is 2.30. The molecule has 2 aromatic carbocycles. The van der Waals surface area contributed by atoms with Gasteiger partial charge in [0.05, 0.1) is 12.2 Å². The normalized spacial score (nSPS) is 26.7. The lowest BCUT2D eigenvalue weighted by atomic mass is 9.88. The van der Waals surface area contributed by atoms with E-state index >= 15 is 0 Å². The molecule has 3 nitrogen and oxygen atoms in total. The SMILES string of the molecule is CC1CN([C@H]2CC[C@@H](N(Cc3ccccc3)Cc3ccccc3)CC2)CC(C)O1.Cl.Cl. The summed E-state index contributed by atoms with van der Waals surface area (Å²) in [5.41, 5.74) is 2.84. The molecule has 1 aliphatic carbocycles. The maximum absolute atomic E-state index is 5.95. The summed E-state index contributed by atoms with van der Waals surface area (Å²) in [6.07, 6.45) is 5.94. The van der Waals surface area contributed by atoms with Gasteiger partial charge in [-0.25, -0.2) is 0 Å². The van der Waals surface area contributed by atoms with E-state index in [9.17, 15) is 0 Å². The molecule has 5 heteroatoms. The van der Waals surface area contributed by atoms with Gasteiger partial charge in [0.1, 0.15) is 0 Å². The van der Waals surface area contributed by atoms with Crippen LogP contribution in [0.25, 0.3) is 0 Å². The van der Waals surface area contributed by atoms with Gasteiger partial charge < -0.3 is 4.74 Å². The number of hydrogen-bond donors (Lipinski definition) is 0. The van der Waals surface area contributed by atoms with Crippen molar-refractivity contribution >= 4 is 24.8 Å². The van der Waals surface area contributed by atoms with E-state index in [4.69, 9.17) is 4.74 Å². The summed E-state index contributed by atoms with van der Waals surface area (Å²) in [6, 6.07) is 23.3. The molecule has 2 atom stereocenters. The van der Waals surface area contributed by atoms with E-state index in [-0.39, 0.29) is 24.8 Å². The van der Waals surface area contributed by atoms with Gasteiger partial charge in [-0.3, -0.25) is 9.80 Å². The molecule has 0 bridgehead atoms. The predicted molar refractivity (Wildman–Crippen MR) is 134 cm³/mol. The molecular formula is C26H38Cl2N2O. The van der Waals surface area contributed by atoms with Crippen LogP contribution in [0.4, 0.5) is 0 Å². The van der Waals surface area contributed by atoms with Crippen molar-refractivity contribution in [3.05, 3.63) is 71.8 Å². The van der Waals surface area contributed by atoms with E-state index in [1.54, 1.807) is 0 Å². The molecule has 0 aromatic heterocycles. The highest BCUT2D eigenvalue weighted by atomic mass is 35.5. The van der Waals surface area contributed by atoms with Crippen LogP contribution >= 0.6 is 24.8 Å². The van der Waals surface area contributed by atoms with Crippen molar-refractivity contribution in [1.29, 1.82) is 0 Å². The minimum atomic E-state index is 0. The summed E-state index contributed by atoms with van der Waals surface area (Å²) in [5, 5.41) is 0. The second-order valence-electron chi connectivity index (χ2n) is 9.05. The summed E-state index contributed by atoms with van der Waals surface area (Å²) >= 11 is 0. The first-order chi connectivity index (χ1) is 14.2. The number of rotatable bonds is 6. The summed E-state index contributed by atoms with van der Waals surface area (Å²) in [4.78, 5) is 5.42. The van der Waals surface area contributed by atoms with Gasteiger partial charge in [-0.15, -0.1) is 24.8 Å². The van der Waals surface area contributed by atoms with E-state index in [1.807, 2.05) is 0 Å². The predicted octanol–water partition coefficient (Wildman–Crippen LogP) is 5.95. The van der Waals surface area contributed by atoms with E-state index < -0.39 is 0 Å².